The van der Waals surface area contributed by atoms with E-state index in [4.69, 9.17) is 10.5 Å². The minimum Gasteiger partial charge on any atom is -0.409 e. The van der Waals surface area contributed by atoms with Gasteiger partial charge in [-0.1, -0.05) is 0 Å². The first-order valence-corrected chi connectivity index (χ1v) is 6.04. The molecule has 2 heterocycles. The molecule has 8 nitrogen and oxygen atoms in total. The highest BCUT2D eigenvalue weighted by molar-refractivity contribution is 5.92. The van der Waals surface area contributed by atoms with E-state index in [0.29, 0.717) is 19.8 Å². The van der Waals surface area contributed by atoms with Crippen LogP contribution in [0.1, 0.15) is 10.5 Å². The molecule has 0 aromatic carbocycles. The van der Waals surface area contributed by atoms with Crippen molar-refractivity contribution in [3.63, 3.8) is 0 Å². The number of aromatic nitrogens is 1. The van der Waals surface area contributed by atoms with Crippen molar-refractivity contribution < 1.29 is 24.2 Å². The summed E-state index contributed by atoms with van der Waals surface area (Å²) >= 11 is 0. The number of morpholine rings is 1. The number of nitrogens with two attached hydrogens (primary N) is 1. The van der Waals surface area contributed by atoms with Crippen LogP contribution in [0.25, 0.3) is 0 Å². The summed E-state index contributed by atoms with van der Waals surface area (Å²) < 4.78 is 9.83. The smallest absolute Gasteiger partial charge is 0.409 e. The van der Waals surface area contributed by atoms with Gasteiger partial charge in [0.25, 0.3) is 5.91 Å². The lowest BCUT2D eigenvalue weighted by Crippen LogP contribution is -2.50. The van der Waals surface area contributed by atoms with Gasteiger partial charge in [-0.2, -0.15) is 0 Å². The third-order valence-electron chi connectivity index (χ3n) is 2.87. The Bertz CT molecular complexity index is 490. The Labute approximate surface area is 115 Å². The summed E-state index contributed by atoms with van der Waals surface area (Å²) in [6.07, 6.45) is 0.297. The maximum atomic E-state index is 12.3. The lowest BCUT2D eigenvalue weighted by Gasteiger charge is -2.34. The predicted octanol–water partition coefficient (Wildman–Crippen LogP) is -0.628. The summed E-state index contributed by atoms with van der Waals surface area (Å²) in [5.41, 5.74) is 5.07. The van der Waals surface area contributed by atoms with Crippen LogP contribution in [0.2, 0.25) is 0 Å². The molecule has 1 aromatic heterocycles. The minimum absolute atomic E-state index is 0.162. The zero-order valence-corrected chi connectivity index (χ0v) is 10.7. The standard InChI is InChI=1S/C12H15N3O5/c13-12(18)20-9-1-2-10(14-5-9)11(17)15-3-4-19-7-8(15)6-16/h1-2,5,8,16H,3-4,6-7H2,(H2,13,18)/t8-/m1/s1. The van der Waals surface area contributed by atoms with E-state index in [2.05, 4.69) is 9.72 Å². The number of nitrogens with zero attached hydrogens (tertiary/aromatic N) is 2. The van der Waals surface area contributed by atoms with Crippen LogP contribution in [0.5, 0.6) is 5.75 Å². The van der Waals surface area contributed by atoms with Gasteiger partial charge in [0.05, 0.1) is 32.1 Å². The van der Waals surface area contributed by atoms with Crippen LogP contribution in [-0.2, 0) is 4.74 Å². The quantitative estimate of drug-likeness (QED) is 0.762. The highest BCUT2D eigenvalue weighted by Gasteiger charge is 2.28. The maximum Gasteiger partial charge on any atom is 0.410 e. The molecule has 1 aliphatic rings. The average molecular weight is 281 g/mol. The summed E-state index contributed by atoms with van der Waals surface area (Å²) in [5.74, 6) is -0.146. The minimum atomic E-state index is -0.945. The normalized spacial score (nSPS) is 18.6. The molecule has 2 rings (SSSR count). The van der Waals surface area contributed by atoms with Gasteiger partial charge in [-0.3, -0.25) is 4.79 Å². The monoisotopic (exact) mass is 281 g/mol. The molecule has 20 heavy (non-hydrogen) atoms. The molecule has 1 aromatic rings. The molecule has 3 N–H and O–H groups in total. The fourth-order valence-corrected chi connectivity index (χ4v) is 1.90. The number of pyridine rings is 1. The Hall–Kier alpha value is -2.19. The molecule has 108 valence electrons. The number of aliphatic hydroxyl groups is 1. The zero-order chi connectivity index (χ0) is 14.5. The molecule has 0 radical (unpaired) electrons. The summed E-state index contributed by atoms with van der Waals surface area (Å²) in [6, 6.07) is 2.49. The van der Waals surface area contributed by atoms with Crippen molar-refractivity contribution in [1.29, 1.82) is 0 Å². The van der Waals surface area contributed by atoms with Gasteiger partial charge < -0.3 is 25.2 Å². The third kappa shape index (κ3) is 3.22. The van der Waals surface area contributed by atoms with E-state index in [-0.39, 0.29) is 30.0 Å². The first-order chi connectivity index (χ1) is 9.61. The molecule has 1 saturated heterocycles. The Kier molecular flexibility index (Phi) is 4.49. The summed E-state index contributed by atoms with van der Waals surface area (Å²) in [5, 5.41) is 9.23. The summed E-state index contributed by atoms with van der Waals surface area (Å²) in [6.45, 7) is 0.941. The summed E-state index contributed by atoms with van der Waals surface area (Å²) in [7, 11) is 0. The van der Waals surface area contributed by atoms with Gasteiger partial charge in [0.1, 0.15) is 5.69 Å². The first-order valence-electron chi connectivity index (χ1n) is 6.04. The van der Waals surface area contributed by atoms with Crippen molar-refractivity contribution in [2.45, 2.75) is 6.04 Å². The third-order valence-corrected chi connectivity index (χ3v) is 2.87. The molecule has 1 fully saturated rings. The van der Waals surface area contributed by atoms with Crippen LogP contribution < -0.4 is 10.5 Å². The molecule has 1 atom stereocenters. The Morgan fingerprint density at radius 2 is 2.35 bits per heavy atom. The molecule has 0 saturated carbocycles. The van der Waals surface area contributed by atoms with Crippen LogP contribution in [0.4, 0.5) is 4.79 Å². The fraction of sp³-hybridized carbons (Fsp3) is 0.417. The fourth-order valence-electron chi connectivity index (χ4n) is 1.90. The van der Waals surface area contributed by atoms with Crippen LogP contribution in [0.3, 0.4) is 0 Å². The second-order valence-electron chi connectivity index (χ2n) is 4.21. The highest BCUT2D eigenvalue weighted by Crippen LogP contribution is 2.14. The zero-order valence-electron chi connectivity index (χ0n) is 10.7. The maximum absolute atomic E-state index is 12.3. The summed E-state index contributed by atoms with van der Waals surface area (Å²) in [4.78, 5) is 28.3. The van der Waals surface area contributed by atoms with Crippen LogP contribution in [0.15, 0.2) is 18.3 Å². The van der Waals surface area contributed by atoms with Crippen molar-refractivity contribution >= 4 is 12.0 Å². The Morgan fingerprint density at radius 3 is 2.95 bits per heavy atom. The number of aliphatic hydroxyl groups excluding tert-OH is 1. The van der Waals surface area contributed by atoms with Gasteiger partial charge in [-0.15, -0.1) is 0 Å². The molecule has 0 unspecified atom stereocenters. The van der Waals surface area contributed by atoms with Crippen LogP contribution in [0, 0.1) is 0 Å². The van der Waals surface area contributed by atoms with Crippen molar-refractivity contribution in [3.8, 4) is 5.75 Å². The molecular weight excluding hydrogens is 266 g/mol. The van der Waals surface area contributed by atoms with E-state index >= 15 is 0 Å². The van der Waals surface area contributed by atoms with Gasteiger partial charge in [0.2, 0.25) is 0 Å². The predicted molar refractivity (Wildman–Crippen MR) is 67.2 cm³/mol. The number of hydrogen-bond acceptors (Lipinski definition) is 6. The molecule has 1 aliphatic heterocycles. The van der Waals surface area contributed by atoms with E-state index in [0.717, 1.165) is 0 Å². The van der Waals surface area contributed by atoms with Crippen molar-refractivity contribution in [2.24, 2.45) is 5.73 Å². The number of hydrogen-bond donors (Lipinski definition) is 2. The van der Waals surface area contributed by atoms with Gasteiger partial charge in [-0.05, 0) is 12.1 Å². The van der Waals surface area contributed by atoms with Crippen molar-refractivity contribution in [1.82, 2.24) is 9.88 Å². The van der Waals surface area contributed by atoms with Gasteiger partial charge in [0, 0.05) is 6.54 Å². The van der Waals surface area contributed by atoms with Gasteiger partial charge in [0.15, 0.2) is 5.75 Å². The molecular formula is C12H15N3O5. The lowest BCUT2D eigenvalue weighted by molar-refractivity contribution is -0.0186. The Morgan fingerprint density at radius 1 is 1.55 bits per heavy atom. The van der Waals surface area contributed by atoms with Crippen LogP contribution >= 0.6 is 0 Å². The van der Waals surface area contributed by atoms with E-state index in [1.165, 1.54) is 23.2 Å². The molecule has 0 aliphatic carbocycles. The van der Waals surface area contributed by atoms with Gasteiger partial charge in [-0.25, -0.2) is 9.78 Å². The van der Waals surface area contributed by atoms with Crippen molar-refractivity contribution in [3.05, 3.63) is 24.0 Å². The highest BCUT2D eigenvalue weighted by atomic mass is 16.5. The molecule has 0 spiro atoms. The Balaban J connectivity index is 2.09. The number of rotatable bonds is 3. The number of ether oxygens (including phenoxy) is 2. The largest absolute Gasteiger partial charge is 0.410 e. The van der Waals surface area contributed by atoms with Crippen molar-refractivity contribution in [2.75, 3.05) is 26.4 Å². The van der Waals surface area contributed by atoms with Gasteiger partial charge >= 0.3 is 6.09 Å². The topological polar surface area (TPSA) is 115 Å². The number of amides is 2. The van der Waals surface area contributed by atoms with E-state index in [9.17, 15) is 14.7 Å². The average Bonchev–Trinajstić information content (AvgIpc) is 2.46. The first kappa shape index (κ1) is 14.2. The molecule has 0 bridgehead atoms. The lowest BCUT2D eigenvalue weighted by atomic mass is 10.2. The SMILES string of the molecule is NC(=O)Oc1ccc(C(=O)N2CCOC[C@H]2CO)nc1. The number of primary amides is 1. The number of carbonyl (C=O) groups excluding carboxylic acids is 2. The van der Waals surface area contributed by atoms with E-state index < -0.39 is 6.09 Å². The second-order valence-corrected chi connectivity index (χ2v) is 4.21. The molecule has 2 amide bonds. The van der Waals surface area contributed by atoms with E-state index in [1.807, 2.05) is 0 Å². The van der Waals surface area contributed by atoms with Crippen LogP contribution in [-0.4, -0.2) is 59.4 Å². The number of carbonyl (C=O) groups is 2. The van der Waals surface area contributed by atoms with E-state index in [1.54, 1.807) is 0 Å². The second kappa shape index (κ2) is 6.31. The molecule has 8 heteroatoms.